The van der Waals surface area contributed by atoms with Crippen molar-refractivity contribution in [2.45, 2.75) is 44.6 Å². The van der Waals surface area contributed by atoms with E-state index in [2.05, 4.69) is 59.7 Å². The molecule has 136 valence electrons. The topological polar surface area (TPSA) is 32.3 Å². The Labute approximate surface area is 156 Å². The van der Waals surface area contributed by atoms with Crippen LogP contribution in [0.15, 0.2) is 42.5 Å². The van der Waals surface area contributed by atoms with Gasteiger partial charge >= 0.3 is 0 Å². The molecule has 0 radical (unpaired) electrons. The predicted molar refractivity (Wildman–Crippen MR) is 106 cm³/mol. The van der Waals surface area contributed by atoms with Crippen LogP contribution in [0.5, 0.6) is 0 Å². The van der Waals surface area contributed by atoms with Crippen LogP contribution in [-0.2, 0) is 17.6 Å². The molecule has 0 aromatic heterocycles. The van der Waals surface area contributed by atoms with Crippen molar-refractivity contribution >= 4 is 5.91 Å². The highest BCUT2D eigenvalue weighted by Gasteiger charge is 2.19. The van der Waals surface area contributed by atoms with Crippen LogP contribution in [0.2, 0.25) is 0 Å². The number of nitrogens with zero attached hydrogens (tertiary/aromatic N) is 1. The molecule has 1 N–H and O–H groups in total. The fraction of sp³-hybridized carbons (Fsp3) is 0.435. The molecule has 1 heterocycles. The van der Waals surface area contributed by atoms with Crippen LogP contribution in [0.3, 0.4) is 0 Å². The smallest absolute Gasteiger partial charge is 0.220 e. The number of hydrogen-bond acceptors (Lipinski definition) is 2. The maximum absolute atomic E-state index is 12.2. The van der Waals surface area contributed by atoms with Crippen molar-refractivity contribution < 1.29 is 4.79 Å². The van der Waals surface area contributed by atoms with Gasteiger partial charge in [-0.1, -0.05) is 42.5 Å². The van der Waals surface area contributed by atoms with Crippen LogP contribution >= 0.6 is 0 Å². The molecule has 4 rings (SSSR count). The highest BCUT2D eigenvalue weighted by molar-refractivity contribution is 5.77. The van der Waals surface area contributed by atoms with Gasteiger partial charge in [0, 0.05) is 19.0 Å². The van der Waals surface area contributed by atoms with Gasteiger partial charge in [0.1, 0.15) is 0 Å². The molecule has 1 aliphatic heterocycles. The summed E-state index contributed by atoms with van der Waals surface area (Å²) in [5, 5.41) is 3.21. The zero-order valence-electron chi connectivity index (χ0n) is 15.6. The molecular weight excluding hydrogens is 320 g/mol. The number of rotatable bonds is 5. The summed E-state index contributed by atoms with van der Waals surface area (Å²) in [6.07, 6.45) is 5.83. The molecule has 0 unspecified atom stereocenters. The lowest BCUT2D eigenvalue weighted by atomic mass is 10.00. The lowest BCUT2D eigenvalue weighted by molar-refractivity contribution is -0.122. The zero-order valence-corrected chi connectivity index (χ0v) is 15.6. The van der Waals surface area contributed by atoms with Gasteiger partial charge in [0.15, 0.2) is 0 Å². The van der Waals surface area contributed by atoms with E-state index in [0.29, 0.717) is 12.5 Å². The third-order valence-electron chi connectivity index (χ3n) is 5.72. The first-order valence-electron chi connectivity index (χ1n) is 9.87. The Morgan fingerprint density at radius 1 is 1.15 bits per heavy atom. The minimum Gasteiger partial charge on any atom is -0.352 e. The third kappa shape index (κ3) is 3.83. The van der Waals surface area contributed by atoms with Crippen molar-refractivity contribution in [1.29, 1.82) is 0 Å². The Bertz CT molecular complexity index is 799. The highest BCUT2D eigenvalue weighted by Crippen LogP contribution is 2.36. The number of fused-ring (bicyclic) bond motifs is 3. The second-order valence-electron chi connectivity index (χ2n) is 7.85. The van der Waals surface area contributed by atoms with Gasteiger partial charge in [-0.15, -0.1) is 0 Å². The van der Waals surface area contributed by atoms with E-state index in [-0.39, 0.29) is 5.91 Å². The largest absolute Gasteiger partial charge is 0.352 e. The summed E-state index contributed by atoms with van der Waals surface area (Å²) in [6, 6.07) is 15.8. The van der Waals surface area contributed by atoms with Gasteiger partial charge in [0.25, 0.3) is 0 Å². The minimum atomic E-state index is 0.205. The van der Waals surface area contributed by atoms with Crippen LogP contribution in [0.25, 0.3) is 11.1 Å². The van der Waals surface area contributed by atoms with E-state index in [1.165, 1.54) is 34.2 Å². The van der Waals surface area contributed by atoms with E-state index in [1.807, 2.05) is 0 Å². The van der Waals surface area contributed by atoms with Crippen molar-refractivity contribution in [3.63, 3.8) is 0 Å². The zero-order chi connectivity index (χ0) is 17.9. The molecule has 1 fully saturated rings. The monoisotopic (exact) mass is 348 g/mol. The number of nitrogens with one attached hydrogen (secondary N) is 1. The maximum atomic E-state index is 12.2. The molecule has 0 saturated carbocycles. The van der Waals surface area contributed by atoms with Gasteiger partial charge in [-0.2, -0.15) is 0 Å². The number of piperidine rings is 1. The number of likely N-dealkylation sites (N-methyl/N-ethyl adjacent to an activating group) is 1. The van der Waals surface area contributed by atoms with Gasteiger partial charge in [0.2, 0.25) is 5.91 Å². The average Bonchev–Trinajstić information content (AvgIpc) is 3.00. The van der Waals surface area contributed by atoms with Gasteiger partial charge in [-0.3, -0.25) is 4.79 Å². The van der Waals surface area contributed by atoms with Crippen LogP contribution in [-0.4, -0.2) is 37.0 Å². The first-order chi connectivity index (χ1) is 12.7. The van der Waals surface area contributed by atoms with Gasteiger partial charge in [-0.05, 0) is 73.5 Å². The number of aryl methyl sites for hydroxylation is 1. The fourth-order valence-corrected chi connectivity index (χ4v) is 4.36. The van der Waals surface area contributed by atoms with E-state index in [4.69, 9.17) is 0 Å². The summed E-state index contributed by atoms with van der Waals surface area (Å²) in [5.74, 6) is 0.205. The maximum Gasteiger partial charge on any atom is 0.220 e. The van der Waals surface area contributed by atoms with E-state index in [9.17, 15) is 4.79 Å². The Kier molecular flexibility index (Phi) is 5.07. The Morgan fingerprint density at radius 2 is 2.00 bits per heavy atom. The average molecular weight is 348 g/mol. The number of amides is 1. The molecule has 2 aromatic carbocycles. The minimum absolute atomic E-state index is 0.205. The van der Waals surface area contributed by atoms with Crippen LogP contribution in [0, 0.1) is 0 Å². The second kappa shape index (κ2) is 7.63. The summed E-state index contributed by atoms with van der Waals surface area (Å²) < 4.78 is 0. The Balaban J connectivity index is 1.30. The second-order valence-corrected chi connectivity index (χ2v) is 7.85. The number of benzene rings is 2. The molecule has 1 saturated heterocycles. The van der Waals surface area contributed by atoms with Crippen molar-refractivity contribution in [3.05, 3.63) is 59.2 Å². The van der Waals surface area contributed by atoms with Crippen LogP contribution in [0.4, 0.5) is 0 Å². The summed E-state index contributed by atoms with van der Waals surface area (Å²) >= 11 is 0. The molecule has 3 nitrogen and oxygen atoms in total. The quantitative estimate of drug-likeness (QED) is 0.761. The first kappa shape index (κ1) is 17.3. The van der Waals surface area contributed by atoms with Crippen LogP contribution < -0.4 is 5.32 Å². The van der Waals surface area contributed by atoms with Crippen molar-refractivity contribution in [2.75, 3.05) is 20.1 Å². The van der Waals surface area contributed by atoms with Crippen molar-refractivity contribution in [2.24, 2.45) is 0 Å². The molecule has 1 atom stereocenters. The number of carbonyl (C=O) groups excluding carboxylic acids is 1. The van der Waals surface area contributed by atoms with Crippen LogP contribution in [0.1, 0.15) is 42.4 Å². The molecule has 2 aliphatic rings. The molecule has 0 spiro atoms. The third-order valence-corrected chi connectivity index (χ3v) is 5.72. The number of carbonyl (C=O) groups is 1. The van der Waals surface area contributed by atoms with E-state index < -0.39 is 0 Å². The standard InChI is InChI=1S/C23H28N2O/c1-25-13-5-8-20(16-25)24-23(26)10-4-6-17-11-12-19-15-18-7-2-3-9-21(18)22(19)14-17/h2-3,7,9,11-12,14,20H,4-6,8,10,13,15-16H2,1H3,(H,24,26)/t20-/m0/s1. The van der Waals surface area contributed by atoms with Gasteiger partial charge < -0.3 is 10.2 Å². The number of hydrogen-bond donors (Lipinski definition) is 1. The van der Waals surface area contributed by atoms with E-state index in [0.717, 1.165) is 38.8 Å². The SMILES string of the molecule is CN1CCC[C@H](NC(=O)CCCc2ccc3c(c2)-c2ccccc2C3)C1. The molecular formula is C23H28N2O. The first-order valence-corrected chi connectivity index (χ1v) is 9.87. The van der Waals surface area contributed by atoms with E-state index >= 15 is 0 Å². The Hall–Kier alpha value is -2.13. The molecule has 1 amide bonds. The molecule has 0 bridgehead atoms. The lowest BCUT2D eigenvalue weighted by Gasteiger charge is -2.30. The number of likely N-dealkylation sites (tertiary alicyclic amines) is 1. The Morgan fingerprint density at radius 3 is 2.88 bits per heavy atom. The highest BCUT2D eigenvalue weighted by atomic mass is 16.1. The normalized spacial score (nSPS) is 19.0. The molecule has 2 aromatic rings. The van der Waals surface area contributed by atoms with Gasteiger partial charge in [0.05, 0.1) is 0 Å². The molecule has 26 heavy (non-hydrogen) atoms. The summed E-state index contributed by atoms with van der Waals surface area (Å²) in [7, 11) is 2.13. The summed E-state index contributed by atoms with van der Waals surface area (Å²) in [5.41, 5.74) is 6.95. The van der Waals surface area contributed by atoms with Crippen molar-refractivity contribution in [3.8, 4) is 11.1 Å². The predicted octanol–water partition coefficient (Wildman–Crippen LogP) is 3.79. The van der Waals surface area contributed by atoms with Gasteiger partial charge in [-0.25, -0.2) is 0 Å². The van der Waals surface area contributed by atoms with Crippen molar-refractivity contribution in [1.82, 2.24) is 10.2 Å². The lowest BCUT2D eigenvalue weighted by Crippen LogP contribution is -2.46. The molecule has 1 aliphatic carbocycles. The summed E-state index contributed by atoms with van der Waals surface area (Å²) in [6.45, 7) is 2.13. The molecule has 3 heteroatoms. The fourth-order valence-electron chi connectivity index (χ4n) is 4.36. The van der Waals surface area contributed by atoms with E-state index in [1.54, 1.807) is 0 Å². The summed E-state index contributed by atoms with van der Waals surface area (Å²) in [4.78, 5) is 14.5.